The van der Waals surface area contributed by atoms with E-state index in [0.29, 0.717) is 11.9 Å². The summed E-state index contributed by atoms with van der Waals surface area (Å²) in [5.74, 6) is 0.470. The minimum Gasteiger partial charge on any atom is -0.368 e. The molecule has 1 heterocycles. The number of anilines is 1. The van der Waals surface area contributed by atoms with Crippen LogP contribution in [-0.4, -0.2) is 37.6 Å². The summed E-state index contributed by atoms with van der Waals surface area (Å²) < 4.78 is 0. The Morgan fingerprint density at radius 2 is 2.11 bits per heavy atom. The maximum atomic E-state index is 6.23. The Bertz CT molecular complexity index is 409. The van der Waals surface area contributed by atoms with E-state index in [1.807, 2.05) is 12.1 Å². The van der Waals surface area contributed by atoms with Crippen LogP contribution >= 0.6 is 23.2 Å². The van der Waals surface area contributed by atoms with Crippen LogP contribution in [0, 0.1) is 0 Å². The lowest BCUT2D eigenvalue weighted by Crippen LogP contribution is -2.51. The van der Waals surface area contributed by atoms with E-state index in [2.05, 4.69) is 29.8 Å². The smallest absolute Gasteiger partial charge is 0.0509 e. The predicted octanol–water partition coefficient (Wildman–Crippen LogP) is 3.61. The molecule has 0 saturated carbocycles. The van der Waals surface area contributed by atoms with E-state index in [9.17, 15) is 0 Å². The van der Waals surface area contributed by atoms with Crippen molar-refractivity contribution in [2.75, 3.05) is 31.6 Å². The van der Waals surface area contributed by atoms with Gasteiger partial charge in [0.15, 0.2) is 0 Å². The van der Waals surface area contributed by atoms with Gasteiger partial charge in [0.25, 0.3) is 0 Å². The number of hydrogen-bond acceptors (Lipinski definition) is 2. The van der Waals surface area contributed by atoms with Crippen molar-refractivity contribution in [2.24, 2.45) is 0 Å². The van der Waals surface area contributed by atoms with Gasteiger partial charge in [0.2, 0.25) is 0 Å². The molecule has 1 saturated heterocycles. The maximum absolute atomic E-state index is 6.23. The lowest BCUT2D eigenvalue weighted by atomic mass is 10.1. The Morgan fingerprint density at radius 3 is 2.78 bits per heavy atom. The summed E-state index contributed by atoms with van der Waals surface area (Å²) in [7, 11) is 2.20. The first kappa shape index (κ1) is 14.0. The fourth-order valence-corrected chi connectivity index (χ4v) is 3.17. The molecule has 1 atom stereocenters. The predicted molar refractivity (Wildman–Crippen MR) is 79.9 cm³/mol. The van der Waals surface area contributed by atoms with E-state index in [1.54, 1.807) is 0 Å². The van der Waals surface area contributed by atoms with Crippen LogP contribution in [0.1, 0.15) is 18.9 Å². The second-order valence-corrected chi connectivity index (χ2v) is 5.53. The highest BCUT2D eigenvalue weighted by Gasteiger charge is 2.24. The summed E-state index contributed by atoms with van der Waals surface area (Å²) >= 11 is 12.3. The molecule has 1 aromatic carbocycles. The summed E-state index contributed by atoms with van der Waals surface area (Å²) in [4.78, 5) is 4.85. The minimum absolute atomic E-state index is 0.470. The molecule has 1 aliphatic heterocycles. The van der Waals surface area contributed by atoms with Crippen molar-refractivity contribution in [3.8, 4) is 0 Å². The zero-order valence-corrected chi connectivity index (χ0v) is 12.5. The van der Waals surface area contributed by atoms with Gasteiger partial charge in [0, 0.05) is 41.9 Å². The van der Waals surface area contributed by atoms with Crippen molar-refractivity contribution in [3.05, 3.63) is 28.8 Å². The number of piperazine rings is 1. The summed E-state index contributed by atoms with van der Waals surface area (Å²) in [6.07, 6.45) is 1.17. The first-order valence-corrected chi connectivity index (χ1v) is 7.37. The molecule has 1 aliphatic rings. The molecule has 0 aromatic heterocycles. The van der Waals surface area contributed by atoms with Crippen molar-refractivity contribution < 1.29 is 0 Å². The highest BCUT2D eigenvalue weighted by molar-refractivity contribution is 6.32. The molecular weight excluding hydrogens is 267 g/mol. The molecular formula is C14H20Cl2N2. The Hall–Kier alpha value is -0.440. The summed E-state index contributed by atoms with van der Waals surface area (Å²) in [6.45, 7) is 5.42. The van der Waals surface area contributed by atoms with Crippen LogP contribution in [0.15, 0.2) is 18.2 Å². The van der Waals surface area contributed by atoms with Crippen LogP contribution in [0.5, 0.6) is 0 Å². The second kappa shape index (κ2) is 6.14. The molecule has 2 nitrogen and oxygen atoms in total. The Kier molecular flexibility index (Phi) is 4.77. The number of likely N-dealkylation sites (N-methyl/N-ethyl adjacent to an activating group) is 1. The van der Waals surface area contributed by atoms with E-state index in [-0.39, 0.29) is 0 Å². The number of hydrogen-bond donors (Lipinski definition) is 0. The summed E-state index contributed by atoms with van der Waals surface area (Å²) in [6, 6.07) is 6.66. The molecule has 0 spiro atoms. The van der Waals surface area contributed by atoms with Gasteiger partial charge in [-0.1, -0.05) is 24.6 Å². The molecule has 100 valence electrons. The zero-order chi connectivity index (χ0) is 13.1. The third-order valence-electron chi connectivity index (χ3n) is 3.82. The molecule has 1 unspecified atom stereocenters. The second-order valence-electron chi connectivity index (χ2n) is 4.86. The largest absolute Gasteiger partial charge is 0.368 e. The van der Waals surface area contributed by atoms with Gasteiger partial charge in [-0.05, 0) is 25.6 Å². The molecule has 0 amide bonds. The fraction of sp³-hybridized carbons (Fsp3) is 0.571. The van der Waals surface area contributed by atoms with E-state index >= 15 is 0 Å². The van der Waals surface area contributed by atoms with Crippen molar-refractivity contribution in [3.63, 3.8) is 0 Å². The fourth-order valence-electron chi connectivity index (χ4n) is 2.58. The molecule has 4 heteroatoms. The number of alkyl halides is 1. The van der Waals surface area contributed by atoms with Crippen molar-refractivity contribution >= 4 is 28.9 Å². The van der Waals surface area contributed by atoms with Crippen LogP contribution < -0.4 is 4.90 Å². The first-order chi connectivity index (χ1) is 8.67. The van der Waals surface area contributed by atoms with Crippen LogP contribution in [-0.2, 0) is 5.88 Å². The molecule has 1 aromatic rings. The first-order valence-electron chi connectivity index (χ1n) is 6.46. The Morgan fingerprint density at radius 1 is 1.33 bits per heavy atom. The SMILES string of the molecule is CCC1CN(c2cccc(Cl)c2CCl)CCN1C. The van der Waals surface area contributed by atoms with Crippen LogP contribution in [0.3, 0.4) is 0 Å². The monoisotopic (exact) mass is 286 g/mol. The van der Waals surface area contributed by atoms with Gasteiger partial charge >= 0.3 is 0 Å². The molecule has 18 heavy (non-hydrogen) atoms. The molecule has 1 fully saturated rings. The normalized spacial score (nSPS) is 21.3. The van der Waals surface area contributed by atoms with Gasteiger partial charge in [-0.15, -0.1) is 11.6 Å². The van der Waals surface area contributed by atoms with E-state index < -0.39 is 0 Å². The highest BCUT2D eigenvalue weighted by atomic mass is 35.5. The molecule has 0 aliphatic carbocycles. The summed E-state index contributed by atoms with van der Waals surface area (Å²) in [5.41, 5.74) is 2.25. The standard InChI is InChI=1S/C14H20Cl2N2/c1-3-11-10-18(8-7-17(11)2)14-6-4-5-13(16)12(14)9-15/h4-6,11H,3,7-10H2,1-2H3. The van der Waals surface area contributed by atoms with Crippen molar-refractivity contribution in [1.82, 2.24) is 4.90 Å². The average Bonchev–Trinajstić information content (AvgIpc) is 2.39. The van der Waals surface area contributed by atoms with Gasteiger partial charge in [0.1, 0.15) is 0 Å². The van der Waals surface area contributed by atoms with E-state index in [1.165, 1.54) is 12.1 Å². The van der Waals surface area contributed by atoms with Gasteiger partial charge in [0.05, 0.1) is 5.88 Å². The molecule has 0 bridgehead atoms. The highest BCUT2D eigenvalue weighted by Crippen LogP contribution is 2.30. The van der Waals surface area contributed by atoms with Crippen LogP contribution in [0.2, 0.25) is 5.02 Å². The quantitative estimate of drug-likeness (QED) is 0.784. The summed E-state index contributed by atoms with van der Waals surface area (Å²) in [5, 5.41) is 0.773. The van der Waals surface area contributed by atoms with Crippen molar-refractivity contribution in [1.29, 1.82) is 0 Å². The van der Waals surface area contributed by atoms with E-state index in [0.717, 1.165) is 30.2 Å². The van der Waals surface area contributed by atoms with Crippen LogP contribution in [0.25, 0.3) is 0 Å². The molecule has 0 radical (unpaired) electrons. The molecule has 0 N–H and O–H groups in total. The number of benzene rings is 1. The average molecular weight is 287 g/mol. The number of halogens is 2. The third-order valence-corrected chi connectivity index (χ3v) is 4.44. The molecule has 2 rings (SSSR count). The van der Waals surface area contributed by atoms with Gasteiger partial charge in [-0.3, -0.25) is 4.90 Å². The Labute approximate surface area is 119 Å². The van der Waals surface area contributed by atoms with Crippen molar-refractivity contribution in [2.45, 2.75) is 25.3 Å². The van der Waals surface area contributed by atoms with Crippen LogP contribution in [0.4, 0.5) is 5.69 Å². The zero-order valence-electron chi connectivity index (χ0n) is 11.0. The van der Waals surface area contributed by atoms with Gasteiger partial charge in [-0.25, -0.2) is 0 Å². The Balaban J connectivity index is 2.24. The van der Waals surface area contributed by atoms with E-state index in [4.69, 9.17) is 23.2 Å². The number of rotatable bonds is 3. The van der Waals surface area contributed by atoms with Gasteiger partial charge < -0.3 is 4.90 Å². The topological polar surface area (TPSA) is 6.48 Å². The minimum atomic E-state index is 0.470. The maximum Gasteiger partial charge on any atom is 0.0509 e. The third kappa shape index (κ3) is 2.76. The lowest BCUT2D eigenvalue weighted by molar-refractivity contribution is 0.213. The lowest BCUT2D eigenvalue weighted by Gasteiger charge is -2.41. The number of nitrogens with zero attached hydrogens (tertiary/aromatic N) is 2. The van der Waals surface area contributed by atoms with Gasteiger partial charge in [-0.2, -0.15) is 0 Å².